The predicted molar refractivity (Wildman–Crippen MR) is 69.6 cm³/mol. The highest BCUT2D eigenvalue weighted by atomic mass is 32.2. The van der Waals surface area contributed by atoms with Crippen LogP contribution in [0.3, 0.4) is 0 Å². The highest BCUT2D eigenvalue weighted by Crippen LogP contribution is 2.23. The number of nitrogens with one attached hydrogen (secondary N) is 1. The largest absolute Gasteiger partial charge is 0.464 e. The summed E-state index contributed by atoms with van der Waals surface area (Å²) in [7, 11) is -2.73. The Labute approximate surface area is 115 Å². The minimum atomic E-state index is -3.89. The van der Waals surface area contributed by atoms with Crippen molar-refractivity contribution in [3.63, 3.8) is 0 Å². The average molecular weight is 308 g/mol. The van der Waals surface area contributed by atoms with E-state index in [1.807, 2.05) is 0 Å². The van der Waals surface area contributed by atoms with Gasteiger partial charge in [-0.15, -0.1) is 11.3 Å². The van der Waals surface area contributed by atoms with E-state index in [9.17, 15) is 13.2 Å². The van der Waals surface area contributed by atoms with Crippen LogP contribution in [0.1, 0.15) is 30.8 Å². The lowest BCUT2D eigenvalue weighted by atomic mass is 10.0. The van der Waals surface area contributed by atoms with Crippen LogP contribution in [-0.2, 0) is 14.8 Å². The third-order valence-electron chi connectivity index (χ3n) is 2.31. The number of sulfonamides is 1. The molecule has 7 nitrogen and oxygen atoms in total. The number of aromatic nitrogens is 1. The van der Waals surface area contributed by atoms with E-state index in [1.54, 1.807) is 13.8 Å². The number of ether oxygens (including phenoxy) is 1. The summed E-state index contributed by atoms with van der Waals surface area (Å²) in [6.45, 7) is 3.13. The van der Waals surface area contributed by atoms with Gasteiger partial charge in [-0.3, -0.25) is 0 Å². The molecule has 0 saturated heterocycles. The second-order valence-electron chi connectivity index (χ2n) is 4.44. The Balaban J connectivity index is 3.08. The summed E-state index contributed by atoms with van der Waals surface area (Å²) < 4.78 is 31.1. The molecule has 0 aromatic carbocycles. The highest BCUT2D eigenvalue weighted by molar-refractivity contribution is 7.91. The number of methoxy groups -OCH3 is 1. The standard InChI is InChI=1S/C10H16N2O5S2/c1-10(2,4-5-13)12-19(15,16)9-7(8(14)17-3)11-6-18-9/h6,12-13H,4-5H2,1-3H3. The smallest absolute Gasteiger partial charge is 0.358 e. The molecule has 0 atom stereocenters. The number of carbonyl (C=O) groups excluding carboxylic acids is 1. The van der Waals surface area contributed by atoms with E-state index < -0.39 is 21.5 Å². The third-order valence-corrected chi connectivity index (χ3v) is 5.37. The van der Waals surface area contributed by atoms with Crippen molar-refractivity contribution < 1.29 is 23.1 Å². The van der Waals surface area contributed by atoms with Crippen molar-refractivity contribution in [3.05, 3.63) is 11.2 Å². The number of aliphatic hydroxyl groups is 1. The SMILES string of the molecule is COC(=O)c1ncsc1S(=O)(=O)NC(C)(C)CCO. The van der Waals surface area contributed by atoms with Crippen LogP contribution in [0.5, 0.6) is 0 Å². The van der Waals surface area contributed by atoms with Crippen LogP contribution in [-0.4, -0.2) is 43.7 Å². The number of rotatable bonds is 6. The van der Waals surface area contributed by atoms with Gasteiger partial charge in [0.05, 0.1) is 12.6 Å². The molecule has 1 aromatic rings. The van der Waals surface area contributed by atoms with Crippen LogP contribution in [0.15, 0.2) is 9.72 Å². The van der Waals surface area contributed by atoms with Gasteiger partial charge in [-0.2, -0.15) is 0 Å². The van der Waals surface area contributed by atoms with E-state index in [0.717, 1.165) is 18.4 Å². The lowest BCUT2D eigenvalue weighted by Crippen LogP contribution is -2.44. The average Bonchev–Trinajstić information content (AvgIpc) is 2.75. The van der Waals surface area contributed by atoms with Crippen molar-refractivity contribution in [1.82, 2.24) is 9.71 Å². The zero-order valence-corrected chi connectivity index (χ0v) is 12.5. The van der Waals surface area contributed by atoms with Crippen LogP contribution in [0.2, 0.25) is 0 Å². The lowest BCUT2D eigenvalue weighted by molar-refractivity contribution is 0.0590. The molecule has 0 fully saturated rings. The molecule has 0 amide bonds. The first kappa shape index (κ1) is 16.0. The molecular weight excluding hydrogens is 292 g/mol. The van der Waals surface area contributed by atoms with Crippen molar-refractivity contribution in [2.75, 3.05) is 13.7 Å². The molecule has 0 unspecified atom stereocenters. The van der Waals surface area contributed by atoms with Gasteiger partial charge >= 0.3 is 5.97 Å². The fourth-order valence-electron chi connectivity index (χ4n) is 1.40. The number of carbonyl (C=O) groups is 1. The monoisotopic (exact) mass is 308 g/mol. The number of hydrogen-bond acceptors (Lipinski definition) is 7. The quantitative estimate of drug-likeness (QED) is 0.736. The van der Waals surface area contributed by atoms with Crippen LogP contribution in [0.25, 0.3) is 0 Å². The summed E-state index contributed by atoms with van der Waals surface area (Å²) in [4.78, 5) is 15.1. The Hall–Kier alpha value is -1.03. The molecule has 1 rings (SSSR count). The third kappa shape index (κ3) is 3.96. The Kier molecular flexibility index (Phi) is 5.02. The topological polar surface area (TPSA) is 106 Å². The maximum absolute atomic E-state index is 12.2. The van der Waals surface area contributed by atoms with E-state index in [4.69, 9.17) is 5.11 Å². The molecule has 108 valence electrons. The minimum Gasteiger partial charge on any atom is -0.464 e. The van der Waals surface area contributed by atoms with Crippen molar-refractivity contribution in [2.45, 2.75) is 30.0 Å². The first-order valence-corrected chi connectivity index (χ1v) is 7.76. The van der Waals surface area contributed by atoms with Gasteiger partial charge in [0.25, 0.3) is 10.0 Å². The van der Waals surface area contributed by atoms with Gasteiger partial charge in [0.2, 0.25) is 0 Å². The molecule has 0 aliphatic rings. The maximum atomic E-state index is 12.2. The van der Waals surface area contributed by atoms with E-state index in [2.05, 4.69) is 14.4 Å². The van der Waals surface area contributed by atoms with Gasteiger partial charge < -0.3 is 9.84 Å². The Morgan fingerprint density at radius 1 is 1.58 bits per heavy atom. The molecule has 1 aromatic heterocycles. The van der Waals surface area contributed by atoms with Gasteiger partial charge in [-0.05, 0) is 20.3 Å². The summed E-state index contributed by atoms with van der Waals surface area (Å²) in [5.74, 6) is -0.804. The molecule has 0 radical (unpaired) electrons. The summed E-state index contributed by atoms with van der Waals surface area (Å²) in [6.07, 6.45) is 0.249. The first-order chi connectivity index (χ1) is 8.73. The number of thiazole rings is 1. The van der Waals surface area contributed by atoms with E-state index >= 15 is 0 Å². The molecule has 1 heterocycles. The van der Waals surface area contributed by atoms with Crippen molar-refractivity contribution in [1.29, 1.82) is 0 Å². The molecule has 0 aliphatic heterocycles. The van der Waals surface area contributed by atoms with Gasteiger partial charge in [-0.25, -0.2) is 22.9 Å². The Morgan fingerprint density at radius 2 is 2.21 bits per heavy atom. The normalized spacial score (nSPS) is 12.4. The summed E-state index contributed by atoms with van der Waals surface area (Å²) >= 11 is 0.834. The van der Waals surface area contributed by atoms with Crippen LogP contribution >= 0.6 is 11.3 Å². The second kappa shape index (κ2) is 5.95. The fraction of sp³-hybridized carbons (Fsp3) is 0.600. The summed E-state index contributed by atoms with van der Waals surface area (Å²) in [5.41, 5.74) is 0.199. The van der Waals surface area contributed by atoms with Crippen LogP contribution in [0, 0.1) is 0 Å². The van der Waals surface area contributed by atoms with Gasteiger partial charge in [0.15, 0.2) is 9.90 Å². The van der Waals surface area contributed by atoms with Crippen LogP contribution in [0.4, 0.5) is 0 Å². The lowest BCUT2D eigenvalue weighted by Gasteiger charge is -2.24. The molecule has 2 N–H and O–H groups in total. The molecule has 0 aliphatic carbocycles. The Morgan fingerprint density at radius 3 is 2.74 bits per heavy atom. The van der Waals surface area contributed by atoms with Gasteiger partial charge in [0.1, 0.15) is 0 Å². The predicted octanol–water partition coefficient (Wildman–Crippen LogP) is 0.369. The van der Waals surface area contributed by atoms with Gasteiger partial charge in [-0.1, -0.05) is 0 Å². The minimum absolute atomic E-state index is 0.151. The first-order valence-electron chi connectivity index (χ1n) is 5.40. The second-order valence-corrected chi connectivity index (χ2v) is 7.18. The number of nitrogens with zero attached hydrogens (tertiary/aromatic N) is 1. The molecular formula is C10H16N2O5S2. The van der Waals surface area contributed by atoms with Gasteiger partial charge in [0, 0.05) is 12.1 Å². The number of hydrogen-bond donors (Lipinski definition) is 2. The van der Waals surface area contributed by atoms with Crippen LogP contribution < -0.4 is 4.72 Å². The number of aliphatic hydroxyl groups excluding tert-OH is 1. The summed E-state index contributed by atoms with van der Waals surface area (Å²) in [6, 6.07) is 0. The molecule has 0 saturated carbocycles. The van der Waals surface area contributed by atoms with Crippen molar-refractivity contribution in [2.24, 2.45) is 0 Å². The van der Waals surface area contributed by atoms with E-state index in [-0.39, 0.29) is 22.9 Å². The molecule has 0 bridgehead atoms. The highest BCUT2D eigenvalue weighted by Gasteiger charge is 2.31. The fourth-order valence-corrected chi connectivity index (χ4v) is 3.97. The van der Waals surface area contributed by atoms with E-state index in [1.165, 1.54) is 5.51 Å². The van der Waals surface area contributed by atoms with Crippen molar-refractivity contribution in [3.8, 4) is 0 Å². The molecule has 0 spiro atoms. The molecule has 9 heteroatoms. The Bertz CT molecular complexity index is 550. The van der Waals surface area contributed by atoms with E-state index in [0.29, 0.717) is 0 Å². The zero-order valence-electron chi connectivity index (χ0n) is 10.8. The zero-order chi connectivity index (χ0) is 14.7. The van der Waals surface area contributed by atoms with Crippen molar-refractivity contribution >= 4 is 27.3 Å². The number of esters is 1. The summed E-state index contributed by atoms with van der Waals surface area (Å²) in [5, 5.41) is 8.89. The maximum Gasteiger partial charge on any atom is 0.358 e. The molecule has 19 heavy (non-hydrogen) atoms.